The Hall–Kier alpha value is -0.640. The summed E-state index contributed by atoms with van der Waals surface area (Å²) in [6.07, 6.45) is 4.26. The third-order valence-corrected chi connectivity index (χ3v) is 5.28. The zero-order chi connectivity index (χ0) is 16.2. The third-order valence-electron chi connectivity index (χ3n) is 5.05. The van der Waals surface area contributed by atoms with Crippen LogP contribution in [-0.4, -0.2) is 35.2 Å². The Morgan fingerprint density at radius 2 is 2.05 bits per heavy atom. The maximum atomic E-state index is 14.0. The Labute approximate surface area is 138 Å². The molecule has 1 aliphatic rings. The predicted octanol–water partition coefficient (Wildman–Crippen LogP) is 4.28. The van der Waals surface area contributed by atoms with Crippen LogP contribution in [0.1, 0.15) is 45.1 Å². The zero-order valence-corrected chi connectivity index (χ0v) is 14.4. The molecule has 0 amide bonds. The van der Waals surface area contributed by atoms with Crippen LogP contribution in [0.5, 0.6) is 0 Å². The van der Waals surface area contributed by atoms with E-state index in [-0.39, 0.29) is 11.7 Å². The molecule has 1 aromatic rings. The quantitative estimate of drug-likeness (QED) is 0.842. The Bertz CT molecular complexity index is 492. The van der Waals surface area contributed by atoms with Crippen LogP contribution in [0.15, 0.2) is 18.2 Å². The van der Waals surface area contributed by atoms with E-state index in [0.717, 1.165) is 45.3 Å². The Morgan fingerprint density at radius 3 is 2.73 bits per heavy atom. The summed E-state index contributed by atoms with van der Waals surface area (Å²) in [5.74, 6) is -0.0791. The summed E-state index contributed by atoms with van der Waals surface area (Å²) in [6, 6.07) is 4.60. The molecule has 0 aromatic heterocycles. The second-order valence-electron chi connectivity index (χ2n) is 6.44. The normalized spacial score (nSPS) is 25.6. The monoisotopic (exact) mass is 327 g/mol. The highest BCUT2D eigenvalue weighted by molar-refractivity contribution is 6.30. The van der Waals surface area contributed by atoms with Gasteiger partial charge in [-0.05, 0) is 49.7 Å². The average molecular weight is 328 g/mol. The Balaban J connectivity index is 2.18. The molecule has 1 saturated carbocycles. The van der Waals surface area contributed by atoms with E-state index in [1.807, 2.05) is 0 Å². The van der Waals surface area contributed by atoms with Gasteiger partial charge in [0.05, 0.1) is 5.60 Å². The van der Waals surface area contributed by atoms with Crippen LogP contribution >= 0.6 is 11.6 Å². The van der Waals surface area contributed by atoms with Crippen molar-refractivity contribution in [3.63, 3.8) is 0 Å². The molecule has 2 unspecified atom stereocenters. The summed E-state index contributed by atoms with van der Waals surface area (Å²) >= 11 is 5.99. The molecule has 1 aliphatic carbocycles. The van der Waals surface area contributed by atoms with Gasteiger partial charge < -0.3 is 10.0 Å². The fourth-order valence-electron chi connectivity index (χ4n) is 3.59. The molecule has 2 rings (SSSR count). The summed E-state index contributed by atoms with van der Waals surface area (Å²) < 4.78 is 14.0. The molecular weight excluding hydrogens is 301 g/mol. The van der Waals surface area contributed by atoms with Gasteiger partial charge >= 0.3 is 0 Å². The van der Waals surface area contributed by atoms with Gasteiger partial charge in [0.2, 0.25) is 0 Å². The first-order valence-corrected chi connectivity index (χ1v) is 8.75. The Morgan fingerprint density at radius 1 is 1.32 bits per heavy atom. The first-order valence-electron chi connectivity index (χ1n) is 8.37. The molecule has 0 spiro atoms. The minimum atomic E-state index is -0.827. The molecule has 1 fully saturated rings. The second kappa shape index (κ2) is 7.76. The molecule has 1 N–H and O–H groups in total. The molecule has 2 atom stereocenters. The van der Waals surface area contributed by atoms with Crippen molar-refractivity contribution in [2.75, 3.05) is 19.6 Å². The lowest BCUT2D eigenvalue weighted by molar-refractivity contribution is -0.0588. The van der Waals surface area contributed by atoms with Gasteiger partial charge in [0, 0.05) is 23.9 Å². The van der Waals surface area contributed by atoms with Crippen molar-refractivity contribution in [2.24, 2.45) is 5.92 Å². The molecule has 22 heavy (non-hydrogen) atoms. The summed E-state index contributed by atoms with van der Waals surface area (Å²) in [4.78, 5) is 2.34. The maximum Gasteiger partial charge on any atom is 0.126 e. The molecule has 1 aromatic carbocycles. The number of rotatable bonds is 6. The standard InChI is InChI=1S/C18H27ClFNO/c1-3-21(4-2)13-15-7-5-6-10-18(15,22)12-14-11-16(19)8-9-17(14)20/h8-9,11,15,22H,3-7,10,12-13H2,1-2H3. The number of halogens is 2. The van der Waals surface area contributed by atoms with Gasteiger partial charge in [-0.25, -0.2) is 4.39 Å². The topological polar surface area (TPSA) is 23.5 Å². The first-order chi connectivity index (χ1) is 10.5. The van der Waals surface area contributed by atoms with Gasteiger partial charge in [-0.2, -0.15) is 0 Å². The van der Waals surface area contributed by atoms with Crippen LogP contribution in [0.2, 0.25) is 5.02 Å². The van der Waals surface area contributed by atoms with E-state index < -0.39 is 5.60 Å². The SMILES string of the molecule is CCN(CC)CC1CCCCC1(O)Cc1cc(Cl)ccc1F. The molecule has 4 heteroatoms. The van der Waals surface area contributed by atoms with Crippen molar-refractivity contribution in [1.82, 2.24) is 4.90 Å². The van der Waals surface area contributed by atoms with Gasteiger partial charge in [-0.3, -0.25) is 0 Å². The van der Waals surface area contributed by atoms with Crippen LogP contribution < -0.4 is 0 Å². The average Bonchev–Trinajstić information content (AvgIpc) is 2.50. The van der Waals surface area contributed by atoms with E-state index in [1.54, 1.807) is 12.1 Å². The minimum absolute atomic E-state index is 0.194. The van der Waals surface area contributed by atoms with E-state index in [9.17, 15) is 9.50 Å². The molecule has 0 aliphatic heterocycles. The van der Waals surface area contributed by atoms with Crippen molar-refractivity contribution in [3.05, 3.63) is 34.6 Å². The second-order valence-corrected chi connectivity index (χ2v) is 6.88. The predicted molar refractivity (Wildman–Crippen MR) is 89.8 cm³/mol. The zero-order valence-electron chi connectivity index (χ0n) is 13.6. The van der Waals surface area contributed by atoms with E-state index in [0.29, 0.717) is 17.0 Å². The third kappa shape index (κ3) is 4.21. The number of hydrogen-bond donors (Lipinski definition) is 1. The van der Waals surface area contributed by atoms with E-state index >= 15 is 0 Å². The van der Waals surface area contributed by atoms with Crippen LogP contribution in [-0.2, 0) is 6.42 Å². The lowest BCUT2D eigenvalue weighted by Crippen LogP contribution is -2.48. The fourth-order valence-corrected chi connectivity index (χ4v) is 3.79. The van der Waals surface area contributed by atoms with Gasteiger partial charge in [0.15, 0.2) is 0 Å². The molecule has 0 bridgehead atoms. The van der Waals surface area contributed by atoms with Gasteiger partial charge in [-0.15, -0.1) is 0 Å². The van der Waals surface area contributed by atoms with Gasteiger partial charge in [0.1, 0.15) is 5.82 Å². The number of nitrogens with zero attached hydrogens (tertiary/aromatic N) is 1. The van der Waals surface area contributed by atoms with Crippen molar-refractivity contribution in [2.45, 2.75) is 51.6 Å². The minimum Gasteiger partial charge on any atom is -0.389 e. The molecule has 124 valence electrons. The summed E-state index contributed by atoms with van der Waals surface area (Å²) in [5.41, 5.74) is -0.298. The van der Waals surface area contributed by atoms with Crippen LogP contribution in [0.4, 0.5) is 4.39 Å². The molecular formula is C18H27ClFNO. The molecule has 0 radical (unpaired) electrons. The van der Waals surface area contributed by atoms with Crippen molar-refractivity contribution in [1.29, 1.82) is 0 Å². The highest BCUT2D eigenvalue weighted by Crippen LogP contribution is 2.37. The van der Waals surface area contributed by atoms with E-state index in [1.165, 1.54) is 6.07 Å². The molecule has 0 heterocycles. The number of hydrogen-bond acceptors (Lipinski definition) is 2. The fraction of sp³-hybridized carbons (Fsp3) is 0.667. The van der Waals surface area contributed by atoms with Crippen molar-refractivity contribution < 1.29 is 9.50 Å². The molecule has 0 saturated heterocycles. The lowest BCUT2D eigenvalue weighted by Gasteiger charge is -2.42. The smallest absolute Gasteiger partial charge is 0.126 e. The van der Waals surface area contributed by atoms with E-state index in [2.05, 4.69) is 18.7 Å². The first kappa shape index (κ1) is 17.7. The number of benzene rings is 1. The Kier molecular flexibility index (Phi) is 6.25. The summed E-state index contributed by atoms with van der Waals surface area (Å²) in [7, 11) is 0. The van der Waals surface area contributed by atoms with E-state index in [4.69, 9.17) is 11.6 Å². The van der Waals surface area contributed by atoms with Crippen molar-refractivity contribution >= 4 is 11.6 Å². The van der Waals surface area contributed by atoms with Gasteiger partial charge in [-0.1, -0.05) is 38.3 Å². The lowest BCUT2D eigenvalue weighted by atomic mass is 9.72. The number of aliphatic hydroxyl groups is 1. The van der Waals surface area contributed by atoms with Crippen LogP contribution in [0.3, 0.4) is 0 Å². The van der Waals surface area contributed by atoms with Crippen LogP contribution in [0.25, 0.3) is 0 Å². The highest BCUT2D eigenvalue weighted by atomic mass is 35.5. The summed E-state index contributed by atoms with van der Waals surface area (Å²) in [6.45, 7) is 7.12. The largest absolute Gasteiger partial charge is 0.389 e. The summed E-state index contributed by atoms with van der Waals surface area (Å²) in [5, 5.41) is 11.7. The highest BCUT2D eigenvalue weighted by Gasteiger charge is 2.39. The van der Waals surface area contributed by atoms with Crippen LogP contribution in [0, 0.1) is 11.7 Å². The van der Waals surface area contributed by atoms with Gasteiger partial charge in [0.25, 0.3) is 0 Å². The molecule has 2 nitrogen and oxygen atoms in total. The maximum absolute atomic E-state index is 14.0. The van der Waals surface area contributed by atoms with Crippen molar-refractivity contribution in [3.8, 4) is 0 Å².